The molecule has 35 heavy (non-hydrogen) atoms. The van der Waals surface area contributed by atoms with Crippen LogP contribution in [0.25, 0.3) is 0 Å². The Hall–Kier alpha value is -2.98. The summed E-state index contributed by atoms with van der Waals surface area (Å²) in [6.45, 7) is 1.36. The van der Waals surface area contributed by atoms with E-state index >= 15 is 0 Å². The van der Waals surface area contributed by atoms with Gasteiger partial charge in [-0.05, 0) is 30.7 Å². The number of hydrogen-bond acceptors (Lipinski definition) is 6. The quantitative estimate of drug-likeness (QED) is 0.373. The van der Waals surface area contributed by atoms with Gasteiger partial charge in [0.1, 0.15) is 17.2 Å². The number of carbonyl (C=O) groups excluding carboxylic acids is 1. The minimum atomic E-state index is -3.84. The van der Waals surface area contributed by atoms with Gasteiger partial charge in [0.05, 0.1) is 34.8 Å². The molecule has 0 spiro atoms. The van der Waals surface area contributed by atoms with Crippen LogP contribution >= 0.6 is 23.2 Å². The van der Waals surface area contributed by atoms with E-state index in [9.17, 15) is 13.2 Å². The van der Waals surface area contributed by atoms with Crippen LogP contribution in [0.5, 0.6) is 17.2 Å². The topological polar surface area (TPSA) is 103 Å². The largest absolute Gasteiger partial charge is 0.495 e. The van der Waals surface area contributed by atoms with E-state index in [0.29, 0.717) is 22.2 Å². The summed E-state index contributed by atoms with van der Waals surface area (Å²) in [7, 11) is -0.952. The minimum Gasteiger partial charge on any atom is -0.495 e. The van der Waals surface area contributed by atoms with Crippen molar-refractivity contribution in [1.82, 2.24) is 4.72 Å². The van der Waals surface area contributed by atoms with E-state index in [4.69, 9.17) is 37.4 Å². The number of carbonyl (C=O) groups is 1. The van der Waals surface area contributed by atoms with Crippen LogP contribution in [0.3, 0.4) is 0 Å². The Morgan fingerprint density at radius 2 is 1.57 bits per heavy atom. The SMILES string of the molecule is COc1cc(NC(=O)COc2ccc(S(=O)(=O)N[C@@H](C)c3ccccc3)cc2Cl)c(OC)cc1Cl. The van der Waals surface area contributed by atoms with Crippen molar-refractivity contribution >= 4 is 44.8 Å². The molecule has 0 aliphatic rings. The average molecular weight is 539 g/mol. The lowest BCUT2D eigenvalue weighted by molar-refractivity contribution is -0.118. The van der Waals surface area contributed by atoms with Crippen molar-refractivity contribution in [3.8, 4) is 17.2 Å². The van der Waals surface area contributed by atoms with Crippen LogP contribution in [0.2, 0.25) is 10.0 Å². The molecule has 186 valence electrons. The van der Waals surface area contributed by atoms with E-state index in [0.717, 1.165) is 5.56 Å². The van der Waals surface area contributed by atoms with Crippen LogP contribution in [0.15, 0.2) is 65.6 Å². The van der Waals surface area contributed by atoms with Gasteiger partial charge in [-0.15, -0.1) is 0 Å². The second kappa shape index (κ2) is 11.6. The Balaban J connectivity index is 1.66. The number of anilines is 1. The highest BCUT2D eigenvalue weighted by molar-refractivity contribution is 7.89. The highest BCUT2D eigenvalue weighted by Gasteiger charge is 2.20. The van der Waals surface area contributed by atoms with Gasteiger partial charge in [0.15, 0.2) is 6.61 Å². The molecule has 1 atom stereocenters. The molecule has 0 aliphatic heterocycles. The first-order chi connectivity index (χ1) is 16.6. The molecule has 8 nitrogen and oxygen atoms in total. The highest BCUT2D eigenvalue weighted by atomic mass is 35.5. The maximum atomic E-state index is 12.8. The summed E-state index contributed by atoms with van der Waals surface area (Å²) < 4.78 is 44.0. The Bertz CT molecular complexity index is 1300. The molecule has 3 aromatic rings. The fourth-order valence-electron chi connectivity index (χ4n) is 3.16. The zero-order chi connectivity index (χ0) is 25.6. The van der Waals surface area contributed by atoms with Crippen LogP contribution in [-0.2, 0) is 14.8 Å². The number of rotatable bonds is 10. The van der Waals surface area contributed by atoms with E-state index in [1.54, 1.807) is 6.92 Å². The molecule has 0 aromatic heterocycles. The van der Waals surface area contributed by atoms with Crippen molar-refractivity contribution < 1.29 is 27.4 Å². The first kappa shape index (κ1) is 26.6. The molecule has 0 radical (unpaired) electrons. The van der Waals surface area contributed by atoms with Gasteiger partial charge >= 0.3 is 0 Å². The number of sulfonamides is 1. The third-order valence-electron chi connectivity index (χ3n) is 4.95. The molecule has 3 aromatic carbocycles. The first-order valence-electron chi connectivity index (χ1n) is 10.4. The normalized spacial score (nSPS) is 12.0. The minimum absolute atomic E-state index is 0.0277. The van der Waals surface area contributed by atoms with Gasteiger partial charge in [0, 0.05) is 18.2 Å². The predicted octanol–water partition coefficient (Wildman–Crippen LogP) is 5.07. The Labute approximate surface area is 214 Å². The molecule has 3 rings (SSSR count). The number of benzene rings is 3. The van der Waals surface area contributed by atoms with Crippen molar-refractivity contribution in [3.63, 3.8) is 0 Å². The molecule has 0 heterocycles. The van der Waals surface area contributed by atoms with E-state index < -0.39 is 22.0 Å². The number of nitrogens with one attached hydrogen (secondary N) is 2. The molecule has 0 unspecified atom stereocenters. The maximum absolute atomic E-state index is 12.8. The Kier molecular flexibility index (Phi) is 8.85. The second-order valence-electron chi connectivity index (χ2n) is 7.37. The smallest absolute Gasteiger partial charge is 0.262 e. The summed E-state index contributed by atoms with van der Waals surface area (Å²) in [5.41, 5.74) is 1.16. The standard InChI is InChI=1S/C24H24Cl2N2O6S/c1-15(16-7-5-4-6-8-16)28-35(30,31)17-9-10-21(18(25)11-17)34-14-24(29)27-20-13-22(32-2)19(26)12-23(20)33-3/h4-13,15,28H,14H2,1-3H3,(H,27,29)/t15-/m0/s1. The highest BCUT2D eigenvalue weighted by Crippen LogP contribution is 2.36. The third kappa shape index (κ3) is 6.79. The van der Waals surface area contributed by atoms with Gasteiger partial charge in [-0.25, -0.2) is 13.1 Å². The first-order valence-corrected chi connectivity index (χ1v) is 12.6. The molecule has 0 saturated heterocycles. The summed E-state index contributed by atoms with van der Waals surface area (Å²) in [4.78, 5) is 12.4. The number of halogens is 2. The van der Waals surface area contributed by atoms with Crippen molar-refractivity contribution in [2.75, 3.05) is 26.1 Å². The van der Waals surface area contributed by atoms with E-state index in [1.165, 1.54) is 44.6 Å². The molecule has 2 N–H and O–H groups in total. The molecule has 11 heteroatoms. The number of amides is 1. The summed E-state index contributed by atoms with van der Waals surface area (Å²) in [5.74, 6) is 0.351. The van der Waals surface area contributed by atoms with Gasteiger partial charge in [-0.2, -0.15) is 0 Å². The molecular weight excluding hydrogens is 515 g/mol. The van der Waals surface area contributed by atoms with Crippen LogP contribution in [0, 0.1) is 0 Å². The molecule has 1 amide bonds. The lowest BCUT2D eigenvalue weighted by atomic mass is 10.1. The van der Waals surface area contributed by atoms with Gasteiger partial charge in [-0.3, -0.25) is 4.79 Å². The fraction of sp³-hybridized carbons (Fsp3) is 0.208. The average Bonchev–Trinajstić information content (AvgIpc) is 2.84. The number of methoxy groups -OCH3 is 2. The van der Waals surface area contributed by atoms with E-state index in [2.05, 4.69) is 10.0 Å². The van der Waals surface area contributed by atoms with Crippen LogP contribution < -0.4 is 24.2 Å². The molecular formula is C24H24Cl2N2O6S. The van der Waals surface area contributed by atoms with Gasteiger partial charge in [0.2, 0.25) is 10.0 Å². The fourth-order valence-corrected chi connectivity index (χ4v) is 4.95. The van der Waals surface area contributed by atoms with Crippen molar-refractivity contribution in [2.45, 2.75) is 17.9 Å². The zero-order valence-electron chi connectivity index (χ0n) is 19.2. The second-order valence-corrected chi connectivity index (χ2v) is 9.90. The molecule has 0 aliphatic carbocycles. The van der Waals surface area contributed by atoms with Gasteiger partial charge < -0.3 is 19.5 Å². The lowest BCUT2D eigenvalue weighted by Crippen LogP contribution is -2.27. The summed E-state index contributed by atoms with van der Waals surface area (Å²) in [6, 6.07) is 15.8. The Morgan fingerprint density at radius 3 is 2.20 bits per heavy atom. The number of hydrogen-bond donors (Lipinski definition) is 2. The number of ether oxygens (including phenoxy) is 3. The van der Waals surface area contributed by atoms with Gasteiger partial charge in [-0.1, -0.05) is 53.5 Å². The molecule has 0 fully saturated rings. The third-order valence-corrected chi connectivity index (χ3v) is 7.08. The molecule has 0 saturated carbocycles. The summed E-state index contributed by atoms with van der Waals surface area (Å²) in [6.07, 6.45) is 0. The summed E-state index contributed by atoms with van der Waals surface area (Å²) in [5, 5.41) is 3.02. The van der Waals surface area contributed by atoms with Crippen molar-refractivity contribution in [2.24, 2.45) is 0 Å². The lowest BCUT2D eigenvalue weighted by Gasteiger charge is -2.16. The maximum Gasteiger partial charge on any atom is 0.262 e. The predicted molar refractivity (Wildman–Crippen MR) is 135 cm³/mol. The summed E-state index contributed by atoms with van der Waals surface area (Å²) >= 11 is 12.3. The van der Waals surface area contributed by atoms with Crippen molar-refractivity contribution in [1.29, 1.82) is 0 Å². The van der Waals surface area contributed by atoms with Crippen LogP contribution in [-0.4, -0.2) is 35.2 Å². The van der Waals surface area contributed by atoms with Crippen LogP contribution in [0.4, 0.5) is 5.69 Å². The van der Waals surface area contributed by atoms with Crippen molar-refractivity contribution in [3.05, 3.63) is 76.3 Å². The van der Waals surface area contributed by atoms with Gasteiger partial charge in [0.25, 0.3) is 5.91 Å². The van der Waals surface area contributed by atoms with E-state index in [1.807, 2.05) is 30.3 Å². The van der Waals surface area contributed by atoms with Crippen LogP contribution in [0.1, 0.15) is 18.5 Å². The monoisotopic (exact) mass is 538 g/mol. The zero-order valence-corrected chi connectivity index (χ0v) is 21.5. The van der Waals surface area contributed by atoms with E-state index in [-0.39, 0.29) is 22.3 Å². The Morgan fingerprint density at radius 1 is 0.914 bits per heavy atom. The molecule has 0 bridgehead atoms.